The van der Waals surface area contributed by atoms with E-state index >= 15 is 0 Å². The second kappa shape index (κ2) is 9.98. The van der Waals surface area contributed by atoms with Gasteiger partial charge in [0.2, 0.25) is 0 Å². The summed E-state index contributed by atoms with van der Waals surface area (Å²) in [5.74, 6) is 0. The first-order valence-corrected chi connectivity index (χ1v) is 10.3. The minimum atomic E-state index is -2.78. The molecule has 0 aliphatic rings. The van der Waals surface area contributed by atoms with Gasteiger partial charge in [-0.2, -0.15) is 0 Å². The van der Waals surface area contributed by atoms with Gasteiger partial charge in [0.25, 0.3) is 0 Å². The molecule has 3 aromatic rings. The van der Waals surface area contributed by atoms with Crippen LogP contribution in [0.2, 0.25) is 0 Å². The summed E-state index contributed by atoms with van der Waals surface area (Å²) in [6.45, 7) is 5.67. The van der Waals surface area contributed by atoms with Gasteiger partial charge in [-0.25, -0.2) is 0 Å². The van der Waals surface area contributed by atoms with Crippen LogP contribution < -0.4 is 15.9 Å². The lowest BCUT2D eigenvalue weighted by atomic mass is 10.4. The van der Waals surface area contributed by atoms with Crippen LogP contribution in [0.25, 0.3) is 0 Å². The summed E-state index contributed by atoms with van der Waals surface area (Å²) in [5, 5.41) is 2.62. The van der Waals surface area contributed by atoms with Crippen molar-refractivity contribution in [2.75, 3.05) is 13.2 Å². The van der Waals surface area contributed by atoms with Gasteiger partial charge in [-0.05, 0) is 13.8 Å². The summed E-state index contributed by atoms with van der Waals surface area (Å²) in [4.78, 5) is 0. The summed E-state index contributed by atoms with van der Waals surface area (Å²) >= 11 is 0. The molecule has 0 amide bonds. The molecule has 130 valence electrons. The van der Waals surface area contributed by atoms with Gasteiger partial charge in [0.1, 0.15) is 0 Å². The van der Waals surface area contributed by atoms with Gasteiger partial charge in [-0.1, -0.05) is 91.0 Å². The van der Waals surface area contributed by atoms with Crippen LogP contribution in [0.15, 0.2) is 91.0 Å². The van der Waals surface area contributed by atoms with Gasteiger partial charge in [0.15, 0.2) is 7.14 Å². The number of ether oxygens (including phenoxy) is 1. The molecule has 0 radical (unpaired) electrons. The Hall–Kier alpha value is -2.15. The monoisotopic (exact) mass is 352 g/mol. The minimum Gasteiger partial charge on any atom is -0.382 e. The van der Waals surface area contributed by atoms with Crippen molar-refractivity contribution in [2.24, 2.45) is 0 Å². The van der Waals surface area contributed by atoms with E-state index < -0.39 is 7.14 Å². The van der Waals surface area contributed by atoms with E-state index in [4.69, 9.17) is 4.74 Å². The van der Waals surface area contributed by atoms with Crippen LogP contribution in [0.5, 0.6) is 0 Å². The molecule has 3 aromatic carbocycles. The minimum absolute atomic E-state index is 0.844. The summed E-state index contributed by atoms with van der Waals surface area (Å²) < 4.78 is 18.7. The first-order valence-electron chi connectivity index (χ1n) is 8.58. The Morgan fingerprint density at radius 3 is 1.08 bits per heavy atom. The maximum absolute atomic E-state index is 13.8. The van der Waals surface area contributed by atoms with Crippen LogP contribution in [-0.2, 0) is 9.30 Å². The van der Waals surface area contributed by atoms with Crippen molar-refractivity contribution in [2.45, 2.75) is 13.8 Å². The Bertz CT molecular complexity index is 665. The fourth-order valence-corrected chi connectivity index (χ4v) is 5.24. The maximum Gasteiger partial charge on any atom is 0.171 e. The number of hydrogen-bond donors (Lipinski definition) is 0. The van der Waals surface area contributed by atoms with Crippen molar-refractivity contribution in [3.63, 3.8) is 0 Å². The van der Waals surface area contributed by atoms with Gasteiger partial charge in [-0.3, -0.25) is 0 Å². The third-order valence-corrected chi connectivity index (χ3v) is 6.84. The summed E-state index contributed by atoms with van der Waals surface area (Å²) in [5.41, 5.74) is 0. The van der Waals surface area contributed by atoms with Crippen LogP contribution in [0, 0.1) is 0 Å². The highest BCUT2D eigenvalue weighted by molar-refractivity contribution is 7.85. The first kappa shape index (κ1) is 19.2. The molecule has 0 aromatic heterocycles. The number of hydrogen-bond acceptors (Lipinski definition) is 2. The van der Waals surface area contributed by atoms with E-state index in [0.717, 1.165) is 29.1 Å². The number of benzene rings is 3. The smallest absolute Gasteiger partial charge is 0.171 e. The van der Waals surface area contributed by atoms with E-state index in [-0.39, 0.29) is 0 Å². The van der Waals surface area contributed by atoms with Gasteiger partial charge in [0, 0.05) is 29.1 Å². The normalized spacial score (nSPS) is 10.6. The van der Waals surface area contributed by atoms with Crippen LogP contribution >= 0.6 is 7.14 Å². The molecule has 0 aliphatic carbocycles. The Morgan fingerprint density at radius 2 is 0.880 bits per heavy atom. The quantitative estimate of drug-likeness (QED) is 0.638. The van der Waals surface area contributed by atoms with Crippen LogP contribution in [0.1, 0.15) is 13.8 Å². The molecule has 3 rings (SSSR count). The Labute approximate surface area is 150 Å². The molecule has 0 fully saturated rings. The second-order valence-corrected chi connectivity index (χ2v) is 8.17. The SMILES string of the molecule is CCOCC.O=P(c1ccccc1)(c1ccccc1)c1ccccc1. The molecule has 0 saturated heterocycles. The average Bonchev–Trinajstić information content (AvgIpc) is 2.70. The summed E-state index contributed by atoms with van der Waals surface area (Å²) in [7, 11) is -2.78. The van der Waals surface area contributed by atoms with Crippen molar-refractivity contribution in [1.29, 1.82) is 0 Å². The molecule has 0 unspecified atom stereocenters. The van der Waals surface area contributed by atoms with Gasteiger partial charge in [-0.15, -0.1) is 0 Å². The third kappa shape index (κ3) is 4.92. The first-order chi connectivity index (χ1) is 12.2. The van der Waals surface area contributed by atoms with Gasteiger partial charge >= 0.3 is 0 Å². The molecule has 0 spiro atoms. The van der Waals surface area contributed by atoms with Crippen molar-refractivity contribution >= 4 is 23.1 Å². The Morgan fingerprint density at radius 1 is 0.600 bits per heavy atom. The van der Waals surface area contributed by atoms with Gasteiger partial charge in [0.05, 0.1) is 0 Å². The molecule has 0 N–H and O–H groups in total. The van der Waals surface area contributed by atoms with Crippen molar-refractivity contribution in [3.05, 3.63) is 91.0 Å². The van der Waals surface area contributed by atoms with Crippen molar-refractivity contribution in [3.8, 4) is 0 Å². The predicted molar refractivity (Wildman–Crippen MR) is 108 cm³/mol. The molecule has 0 aliphatic heterocycles. The zero-order valence-electron chi connectivity index (χ0n) is 14.8. The maximum atomic E-state index is 13.8. The Kier molecular flexibility index (Phi) is 7.66. The van der Waals surface area contributed by atoms with E-state index in [9.17, 15) is 4.57 Å². The highest BCUT2D eigenvalue weighted by Crippen LogP contribution is 2.41. The van der Waals surface area contributed by atoms with Crippen LogP contribution in [0.4, 0.5) is 0 Å². The Balaban J connectivity index is 0.000000399. The van der Waals surface area contributed by atoms with E-state index in [2.05, 4.69) is 0 Å². The van der Waals surface area contributed by atoms with Crippen LogP contribution in [0.3, 0.4) is 0 Å². The van der Waals surface area contributed by atoms with Crippen molar-refractivity contribution in [1.82, 2.24) is 0 Å². The predicted octanol–water partition coefficient (Wildman–Crippen LogP) is 4.37. The van der Waals surface area contributed by atoms with E-state index in [1.165, 1.54) is 0 Å². The molecule has 0 atom stereocenters. The standard InChI is InChI=1S/C18H15OP.C4H10O/c19-20(16-10-4-1-5-11-16,17-12-6-2-7-13-17)18-14-8-3-9-15-18;1-3-5-4-2/h1-15H;3-4H2,1-2H3. The topological polar surface area (TPSA) is 26.3 Å². The fourth-order valence-electron chi connectivity index (χ4n) is 2.57. The third-order valence-electron chi connectivity index (χ3n) is 3.77. The summed E-state index contributed by atoms with van der Waals surface area (Å²) in [6, 6.07) is 29.1. The molecule has 3 heteroatoms. The largest absolute Gasteiger partial charge is 0.382 e. The molecule has 2 nitrogen and oxygen atoms in total. The van der Waals surface area contributed by atoms with Crippen LogP contribution in [-0.4, -0.2) is 13.2 Å². The number of rotatable bonds is 5. The lowest BCUT2D eigenvalue weighted by molar-refractivity contribution is 0.162. The molecular formula is C22H25O2P. The lowest BCUT2D eigenvalue weighted by Crippen LogP contribution is -2.24. The molecule has 25 heavy (non-hydrogen) atoms. The summed E-state index contributed by atoms with van der Waals surface area (Å²) in [6.07, 6.45) is 0. The zero-order chi connectivity index (χ0) is 18.0. The van der Waals surface area contributed by atoms with Crippen molar-refractivity contribution < 1.29 is 9.30 Å². The average molecular weight is 352 g/mol. The molecule has 0 bridgehead atoms. The lowest BCUT2D eigenvalue weighted by Gasteiger charge is -2.19. The van der Waals surface area contributed by atoms with E-state index in [0.29, 0.717) is 0 Å². The fraction of sp³-hybridized carbons (Fsp3) is 0.182. The molecule has 0 saturated carbocycles. The zero-order valence-corrected chi connectivity index (χ0v) is 15.7. The highest BCUT2D eigenvalue weighted by Gasteiger charge is 2.28. The van der Waals surface area contributed by atoms with Gasteiger partial charge < -0.3 is 9.30 Å². The van der Waals surface area contributed by atoms with E-state index in [1.54, 1.807) is 0 Å². The highest BCUT2D eigenvalue weighted by atomic mass is 31.2. The second-order valence-electron chi connectivity index (χ2n) is 5.40. The molecule has 0 heterocycles. The van der Waals surface area contributed by atoms with E-state index in [1.807, 2.05) is 105 Å². The molecular weight excluding hydrogens is 327 g/mol.